The van der Waals surface area contributed by atoms with Crippen molar-refractivity contribution < 1.29 is 0 Å². The minimum atomic E-state index is 0.557. The number of nitrogens with one attached hydrogen (secondary N) is 1. The van der Waals surface area contributed by atoms with Gasteiger partial charge >= 0.3 is 0 Å². The van der Waals surface area contributed by atoms with Crippen molar-refractivity contribution in [3.8, 4) is 5.69 Å². The fraction of sp³-hybridized carbons (Fsp3) is 0.368. The number of benzene rings is 1. The van der Waals surface area contributed by atoms with Gasteiger partial charge in [-0.3, -0.25) is 0 Å². The molecule has 1 saturated heterocycles. The maximum absolute atomic E-state index is 4.70. The van der Waals surface area contributed by atoms with Gasteiger partial charge in [0, 0.05) is 30.8 Å². The molecule has 2 aromatic heterocycles. The van der Waals surface area contributed by atoms with Crippen molar-refractivity contribution in [3.05, 3.63) is 59.8 Å². The zero-order chi connectivity index (χ0) is 16.5. The summed E-state index contributed by atoms with van der Waals surface area (Å²) in [5, 5.41) is 4.70. The monoisotopic (exact) mass is 321 g/mol. The van der Waals surface area contributed by atoms with Crippen LogP contribution < -0.4 is 4.90 Å². The molecule has 1 fully saturated rings. The maximum Gasteiger partial charge on any atom is 0.132 e. The summed E-state index contributed by atoms with van der Waals surface area (Å²) in [6.45, 7) is 6.25. The predicted octanol–water partition coefficient (Wildman–Crippen LogP) is 3.60. The molecule has 24 heavy (non-hydrogen) atoms. The highest BCUT2D eigenvalue weighted by Gasteiger charge is 2.25. The number of hydrogen-bond acceptors (Lipinski definition) is 3. The van der Waals surface area contributed by atoms with Crippen LogP contribution in [0.2, 0.25) is 0 Å². The van der Waals surface area contributed by atoms with Crippen LogP contribution in [0.3, 0.4) is 0 Å². The average molecular weight is 321 g/mol. The molecule has 0 spiro atoms. The second kappa shape index (κ2) is 6.15. The zero-order valence-electron chi connectivity index (χ0n) is 14.2. The Morgan fingerprint density at radius 3 is 2.50 bits per heavy atom. The van der Waals surface area contributed by atoms with Gasteiger partial charge in [0.05, 0.1) is 23.4 Å². The van der Waals surface area contributed by atoms with Crippen LogP contribution in [0.5, 0.6) is 0 Å². The fourth-order valence-electron chi connectivity index (χ4n) is 3.63. The Morgan fingerprint density at radius 2 is 1.83 bits per heavy atom. The van der Waals surface area contributed by atoms with Crippen LogP contribution in [0.15, 0.2) is 42.7 Å². The first-order valence-corrected chi connectivity index (χ1v) is 8.59. The van der Waals surface area contributed by atoms with Crippen LogP contribution in [0.4, 0.5) is 5.82 Å². The molecule has 1 aliphatic rings. The summed E-state index contributed by atoms with van der Waals surface area (Å²) in [7, 11) is 0. The number of rotatable bonds is 3. The first kappa shape index (κ1) is 15.0. The molecule has 3 heterocycles. The van der Waals surface area contributed by atoms with Crippen molar-refractivity contribution in [3.63, 3.8) is 0 Å². The molecule has 0 bridgehead atoms. The van der Waals surface area contributed by atoms with E-state index in [1.54, 1.807) is 0 Å². The Balaban J connectivity index is 1.55. The van der Waals surface area contributed by atoms with E-state index in [0.717, 1.165) is 37.3 Å². The third kappa shape index (κ3) is 2.70. The van der Waals surface area contributed by atoms with E-state index in [9.17, 15) is 0 Å². The Labute approximate surface area is 142 Å². The van der Waals surface area contributed by atoms with E-state index in [1.165, 1.54) is 17.2 Å². The number of imidazole rings is 1. The third-order valence-corrected chi connectivity index (χ3v) is 4.89. The molecule has 1 aromatic carbocycles. The molecule has 0 amide bonds. The van der Waals surface area contributed by atoms with Crippen molar-refractivity contribution in [2.75, 3.05) is 18.0 Å². The fourth-order valence-corrected chi connectivity index (χ4v) is 3.63. The van der Waals surface area contributed by atoms with Crippen molar-refractivity contribution in [2.24, 2.45) is 0 Å². The van der Waals surface area contributed by atoms with Gasteiger partial charge in [-0.2, -0.15) is 5.10 Å². The number of hydrogen-bond donors (Lipinski definition) is 1. The molecular weight excluding hydrogens is 298 g/mol. The second-order valence-corrected chi connectivity index (χ2v) is 6.57. The van der Waals surface area contributed by atoms with Crippen LogP contribution in [-0.4, -0.2) is 32.8 Å². The summed E-state index contributed by atoms with van der Waals surface area (Å²) in [6, 6.07) is 12.6. The number of piperidine rings is 1. The first-order valence-electron chi connectivity index (χ1n) is 8.59. The van der Waals surface area contributed by atoms with Crippen LogP contribution in [0, 0.1) is 13.8 Å². The molecule has 0 atom stereocenters. The Morgan fingerprint density at radius 1 is 1.08 bits per heavy atom. The molecule has 0 saturated carbocycles. The molecule has 1 aliphatic heterocycles. The number of nitrogens with zero attached hydrogens (tertiary/aromatic N) is 4. The molecular formula is C19H23N5. The predicted molar refractivity (Wildman–Crippen MR) is 95.8 cm³/mol. The first-order chi connectivity index (χ1) is 11.7. The molecule has 1 N–H and O–H groups in total. The lowest BCUT2D eigenvalue weighted by molar-refractivity contribution is 0.490. The Hall–Kier alpha value is -2.56. The van der Waals surface area contributed by atoms with E-state index in [-0.39, 0.29) is 0 Å². The van der Waals surface area contributed by atoms with Crippen molar-refractivity contribution in [2.45, 2.75) is 32.6 Å². The Bertz CT molecular complexity index is 809. The van der Waals surface area contributed by atoms with Crippen molar-refractivity contribution in [1.82, 2.24) is 19.7 Å². The van der Waals surface area contributed by atoms with Crippen molar-refractivity contribution in [1.29, 1.82) is 0 Å². The van der Waals surface area contributed by atoms with Gasteiger partial charge in [-0.05, 0) is 38.8 Å². The van der Waals surface area contributed by atoms with Gasteiger partial charge in [0.25, 0.3) is 0 Å². The highest BCUT2D eigenvalue weighted by atomic mass is 15.4. The second-order valence-electron chi connectivity index (χ2n) is 6.57. The molecule has 3 aromatic rings. The van der Waals surface area contributed by atoms with Crippen molar-refractivity contribution >= 4 is 5.82 Å². The molecule has 0 unspecified atom stereocenters. The molecule has 5 nitrogen and oxygen atoms in total. The largest absolute Gasteiger partial charge is 0.356 e. The number of anilines is 1. The number of aromatic amines is 1. The Kier molecular flexibility index (Phi) is 3.84. The van der Waals surface area contributed by atoms with Gasteiger partial charge in [0.15, 0.2) is 0 Å². The highest BCUT2D eigenvalue weighted by Crippen LogP contribution is 2.31. The van der Waals surface area contributed by atoms with Gasteiger partial charge in [-0.15, -0.1) is 0 Å². The summed E-state index contributed by atoms with van der Waals surface area (Å²) < 4.78 is 2.06. The number of H-pyrrole nitrogens is 1. The lowest BCUT2D eigenvalue weighted by Gasteiger charge is -2.33. The van der Waals surface area contributed by atoms with Crippen LogP contribution in [0.1, 0.15) is 35.8 Å². The molecule has 124 valence electrons. The molecule has 5 heteroatoms. The minimum Gasteiger partial charge on any atom is -0.356 e. The normalized spacial score (nSPS) is 15.8. The minimum absolute atomic E-state index is 0.557. The lowest BCUT2D eigenvalue weighted by atomic mass is 9.92. The van der Waals surface area contributed by atoms with Crippen LogP contribution in [-0.2, 0) is 0 Å². The molecule has 0 aliphatic carbocycles. The van der Waals surface area contributed by atoms with Gasteiger partial charge in [0.1, 0.15) is 5.82 Å². The third-order valence-electron chi connectivity index (χ3n) is 4.89. The zero-order valence-corrected chi connectivity index (χ0v) is 14.2. The number of para-hydroxylation sites is 1. The number of aromatic nitrogens is 4. The van der Waals surface area contributed by atoms with E-state index < -0.39 is 0 Å². The topological polar surface area (TPSA) is 49.7 Å². The summed E-state index contributed by atoms with van der Waals surface area (Å²) in [6.07, 6.45) is 4.07. The smallest absolute Gasteiger partial charge is 0.132 e. The van der Waals surface area contributed by atoms with Gasteiger partial charge < -0.3 is 9.88 Å². The standard InChI is InChI=1S/C19H23N5/c1-14-12-18(24(22-14)17-6-4-3-5-7-17)23-10-8-16(9-11-23)19-15(2)20-13-21-19/h3-7,12-13,16H,8-11H2,1-2H3,(H,20,21). The van der Waals surface area contributed by atoms with Gasteiger partial charge in [-0.1, -0.05) is 18.2 Å². The molecule has 4 rings (SSSR count). The van der Waals surface area contributed by atoms with Gasteiger partial charge in [0.2, 0.25) is 0 Å². The summed E-state index contributed by atoms with van der Waals surface area (Å²) in [5.74, 6) is 1.75. The molecule has 0 radical (unpaired) electrons. The average Bonchev–Trinajstić information content (AvgIpc) is 3.22. The quantitative estimate of drug-likeness (QED) is 0.802. The van der Waals surface area contributed by atoms with E-state index in [2.05, 4.69) is 63.7 Å². The van der Waals surface area contributed by atoms with E-state index in [4.69, 9.17) is 5.10 Å². The number of aryl methyl sites for hydroxylation is 2. The van der Waals surface area contributed by atoms with E-state index >= 15 is 0 Å². The SMILES string of the molecule is Cc1cc(N2CCC(c3nc[nH]c3C)CC2)n(-c2ccccc2)n1. The summed E-state index contributed by atoms with van der Waals surface area (Å²) >= 11 is 0. The van der Waals surface area contributed by atoms with Crippen LogP contribution in [0.25, 0.3) is 5.69 Å². The maximum atomic E-state index is 4.70. The summed E-state index contributed by atoms with van der Waals surface area (Å²) in [5.41, 5.74) is 4.62. The lowest BCUT2D eigenvalue weighted by Crippen LogP contribution is -2.34. The summed E-state index contributed by atoms with van der Waals surface area (Å²) in [4.78, 5) is 10.2. The van der Waals surface area contributed by atoms with Gasteiger partial charge in [-0.25, -0.2) is 9.67 Å². The van der Waals surface area contributed by atoms with Crippen LogP contribution >= 0.6 is 0 Å². The van der Waals surface area contributed by atoms with E-state index in [0.29, 0.717) is 5.92 Å². The van der Waals surface area contributed by atoms with E-state index in [1.807, 2.05) is 12.4 Å². The highest BCUT2D eigenvalue weighted by molar-refractivity contribution is 5.49.